The third kappa shape index (κ3) is 4.07. The summed E-state index contributed by atoms with van der Waals surface area (Å²) >= 11 is 0. The molecule has 0 aliphatic heterocycles. The predicted molar refractivity (Wildman–Crippen MR) is 97.8 cm³/mol. The summed E-state index contributed by atoms with van der Waals surface area (Å²) in [6.07, 6.45) is 0.959. The molecular weight excluding hydrogens is 314 g/mol. The summed E-state index contributed by atoms with van der Waals surface area (Å²) in [7, 11) is 0. The van der Waals surface area contributed by atoms with Crippen molar-refractivity contribution in [1.29, 1.82) is 0 Å². The maximum Gasteiger partial charge on any atom is 0.229 e. The molecule has 3 N–H and O–H groups in total. The van der Waals surface area contributed by atoms with Crippen molar-refractivity contribution < 1.29 is 9.90 Å². The molecule has 0 fully saturated rings. The number of aryl methyl sites for hydroxylation is 2. The van der Waals surface area contributed by atoms with Gasteiger partial charge in [0.2, 0.25) is 5.91 Å². The number of carbonyl (C=O) groups excluding carboxylic acids is 1. The average molecular weight is 335 g/mol. The van der Waals surface area contributed by atoms with Gasteiger partial charge in [-0.1, -0.05) is 36.4 Å². The second-order valence-electron chi connectivity index (χ2n) is 6.15. The first-order valence-corrected chi connectivity index (χ1v) is 8.19. The number of rotatable bonds is 5. The number of phenols is 1. The summed E-state index contributed by atoms with van der Waals surface area (Å²) < 4.78 is 0. The number of nitrogens with zero attached hydrogens (tertiary/aromatic N) is 1. The topological polar surface area (TPSA) is 78.0 Å². The maximum atomic E-state index is 12.3. The van der Waals surface area contributed by atoms with Crippen molar-refractivity contribution in [2.45, 2.75) is 26.7 Å². The molecule has 0 atom stereocenters. The van der Waals surface area contributed by atoms with Crippen molar-refractivity contribution in [3.8, 4) is 5.75 Å². The second-order valence-corrected chi connectivity index (χ2v) is 6.15. The SMILES string of the molecule is Cc1n[nH]c(C)c1CC(=O)Nc1cc(Cc2ccccc2)ccc1O. The number of amides is 1. The number of phenolic OH excluding ortho intramolecular Hbond substituents is 1. The molecule has 1 aromatic heterocycles. The van der Waals surface area contributed by atoms with Crippen molar-refractivity contribution in [2.75, 3.05) is 5.32 Å². The van der Waals surface area contributed by atoms with Gasteiger partial charge in [-0.25, -0.2) is 0 Å². The Balaban J connectivity index is 1.73. The van der Waals surface area contributed by atoms with E-state index in [9.17, 15) is 9.90 Å². The Morgan fingerprint density at radius 3 is 2.56 bits per heavy atom. The zero-order valence-corrected chi connectivity index (χ0v) is 14.3. The van der Waals surface area contributed by atoms with Crippen LogP contribution in [0.2, 0.25) is 0 Å². The van der Waals surface area contributed by atoms with E-state index >= 15 is 0 Å². The van der Waals surface area contributed by atoms with Crippen molar-refractivity contribution in [1.82, 2.24) is 10.2 Å². The van der Waals surface area contributed by atoms with E-state index in [0.717, 1.165) is 28.9 Å². The van der Waals surface area contributed by atoms with Gasteiger partial charge in [-0.3, -0.25) is 9.89 Å². The molecule has 0 saturated heterocycles. The van der Waals surface area contributed by atoms with E-state index in [1.165, 1.54) is 5.56 Å². The molecule has 5 nitrogen and oxygen atoms in total. The first-order chi connectivity index (χ1) is 12.0. The molecule has 25 heavy (non-hydrogen) atoms. The van der Waals surface area contributed by atoms with Gasteiger partial charge in [0.05, 0.1) is 17.8 Å². The summed E-state index contributed by atoms with van der Waals surface area (Å²) in [4.78, 5) is 12.3. The molecule has 3 rings (SSSR count). The fraction of sp³-hybridized carbons (Fsp3) is 0.200. The minimum Gasteiger partial charge on any atom is -0.506 e. The highest BCUT2D eigenvalue weighted by Gasteiger charge is 2.13. The quantitative estimate of drug-likeness (QED) is 0.624. The van der Waals surface area contributed by atoms with Gasteiger partial charge in [-0.2, -0.15) is 5.10 Å². The largest absolute Gasteiger partial charge is 0.506 e. The molecule has 128 valence electrons. The standard InChI is InChI=1S/C20H21N3O2/c1-13-17(14(2)23-22-13)12-20(25)21-18-11-16(8-9-19(18)24)10-15-6-4-3-5-7-15/h3-9,11,24H,10,12H2,1-2H3,(H,21,25)(H,22,23). The Morgan fingerprint density at radius 2 is 1.88 bits per heavy atom. The van der Waals surface area contributed by atoms with Crippen LogP contribution < -0.4 is 5.32 Å². The zero-order chi connectivity index (χ0) is 17.8. The molecule has 0 unspecified atom stereocenters. The number of nitrogens with one attached hydrogen (secondary N) is 2. The van der Waals surface area contributed by atoms with E-state index in [0.29, 0.717) is 5.69 Å². The number of aromatic nitrogens is 2. The number of aromatic amines is 1. The van der Waals surface area contributed by atoms with Crippen LogP contribution in [-0.2, 0) is 17.6 Å². The Hall–Kier alpha value is -3.08. The van der Waals surface area contributed by atoms with Gasteiger partial charge in [0, 0.05) is 11.3 Å². The number of benzene rings is 2. The lowest BCUT2D eigenvalue weighted by molar-refractivity contribution is -0.115. The maximum absolute atomic E-state index is 12.3. The summed E-state index contributed by atoms with van der Waals surface area (Å²) in [6, 6.07) is 15.4. The zero-order valence-electron chi connectivity index (χ0n) is 14.3. The molecule has 2 aromatic carbocycles. The Labute approximate surface area is 146 Å². The predicted octanol–water partition coefficient (Wildman–Crippen LogP) is 3.50. The summed E-state index contributed by atoms with van der Waals surface area (Å²) in [5, 5.41) is 19.8. The fourth-order valence-corrected chi connectivity index (χ4v) is 2.81. The van der Waals surface area contributed by atoms with E-state index in [-0.39, 0.29) is 18.1 Å². The third-order valence-electron chi connectivity index (χ3n) is 4.20. The van der Waals surface area contributed by atoms with Crippen molar-refractivity contribution in [3.63, 3.8) is 0 Å². The van der Waals surface area contributed by atoms with Gasteiger partial charge in [0.1, 0.15) is 5.75 Å². The summed E-state index contributed by atoms with van der Waals surface area (Å²) in [5.74, 6) is -0.120. The van der Waals surface area contributed by atoms with Crippen molar-refractivity contribution >= 4 is 11.6 Å². The van der Waals surface area contributed by atoms with E-state index in [4.69, 9.17) is 0 Å². The van der Waals surface area contributed by atoms with Gasteiger partial charge in [0.15, 0.2) is 0 Å². The molecule has 0 radical (unpaired) electrons. The average Bonchev–Trinajstić information content (AvgIpc) is 2.91. The summed E-state index contributed by atoms with van der Waals surface area (Å²) in [5.41, 5.74) is 5.21. The van der Waals surface area contributed by atoms with Crippen LogP contribution in [0.4, 0.5) is 5.69 Å². The van der Waals surface area contributed by atoms with Crippen LogP contribution in [0, 0.1) is 13.8 Å². The van der Waals surface area contributed by atoms with Crippen molar-refractivity contribution in [3.05, 3.63) is 76.6 Å². The molecule has 3 aromatic rings. The van der Waals surface area contributed by atoms with Gasteiger partial charge in [-0.05, 0) is 43.5 Å². The van der Waals surface area contributed by atoms with E-state index < -0.39 is 0 Å². The molecule has 0 spiro atoms. The number of carbonyl (C=O) groups is 1. The van der Waals surface area contributed by atoms with Crippen LogP contribution in [-0.4, -0.2) is 21.2 Å². The molecule has 0 bridgehead atoms. The fourth-order valence-electron chi connectivity index (χ4n) is 2.81. The number of H-pyrrole nitrogens is 1. The van der Waals surface area contributed by atoms with Crippen LogP contribution in [0.15, 0.2) is 48.5 Å². The van der Waals surface area contributed by atoms with E-state index in [2.05, 4.69) is 27.6 Å². The number of aromatic hydroxyl groups is 1. The lowest BCUT2D eigenvalue weighted by Gasteiger charge is -2.10. The Bertz CT molecular complexity index is 866. The lowest BCUT2D eigenvalue weighted by atomic mass is 10.0. The molecule has 0 saturated carbocycles. The third-order valence-corrected chi connectivity index (χ3v) is 4.20. The lowest BCUT2D eigenvalue weighted by Crippen LogP contribution is -2.15. The first kappa shape index (κ1) is 16.8. The number of hydrogen-bond donors (Lipinski definition) is 3. The van der Waals surface area contributed by atoms with Crippen LogP contribution in [0.3, 0.4) is 0 Å². The van der Waals surface area contributed by atoms with Crippen LogP contribution >= 0.6 is 0 Å². The first-order valence-electron chi connectivity index (χ1n) is 8.19. The second kappa shape index (κ2) is 7.21. The molecule has 0 aliphatic carbocycles. The Morgan fingerprint density at radius 1 is 1.12 bits per heavy atom. The molecular formula is C20H21N3O2. The summed E-state index contributed by atoms with van der Waals surface area (Å²) in [6.45, 7) is 3.75. The van der Waals surface area contributed by atoms with E-state index in [1.54, 1.807) is 6.07 Å². The van der Waals surface area contributed by atoms with Crippen LogP contribution in [0.25, 0.3) is 0 Å². The monoisotopic (exact) mass is 335 g/mol. The van der Waals surface area contributed by atoms with Crippen LogP contribution in [0.1, 0.15) is 28.1 Å². The van der Waals surface area contributed by atoms with Gasteiger partial charge in [0.25, 0.3) is 0 Å². The van der Waals surface area contributed by atoms with Crippen molar-refractivity contribution in [2.24, 2.45) is 0 Å². The number of hydrogen-bond acceptors (Lipinski definition) is 3. The minimum absolute atomic E-state index is 0.0609. The van der Waals surface area contributed by atoms with E-state index in [1.807, 2.05) is 44.2 Å². The molecule has 1 heterocycles. The Kier molecular flexibility index (Phi) is 4.84. The molecule has 5 heteroatoms. The smallest absolute Gasteiger partial charge is 0.229 e. The minimum atomic E-state index is -0.181. The highest BCUT2D eigenvalue weighted by atomic mass is 16.3. The van der Waals surface area contributed by atoms with Crippen LogP contribution in [0.5, 0.6) is 5.75 Å². The molecule has 1 amide bonds. The highest BCUT2D eigenvalue weighted by molar-refractivity contribution is 5.94. The molecule has 0 aliphatic rings. The van der Waals surface area contributed by atoms with Gasteiger partial charge < -0.3 is 10.4 Å². The van der Waals surface area contributed by atoms with Gasteiger partial charge >= 0.3 is 0 Å². The normalized spacial score (nSPS) is 10.6. The van der Waals surface area contributed by atoms with Gasteiger partial charge in [-0.15, -0.1) is 0 Å². The number of anilines is 1. The highest BCUT2D eigenvalue weighted by Crippen LogP contribution is 2.26.